The van der Waals surface area contributed by atoms with Crippen LogP contribution in [-0.2, 0) is 0 Å². The van der Waals surface area contributed by atoms with Crippen LogP contribution in [0, 0.1) is 6.92 Å². The van der Waals surface area contributed by atoms with Crippen LogP contribution in [0.5, 0.6) is 5.75 Å². The molecular formula is C16H26O. The van der Waals surface area contributed by atoms with Gasteiger partial charge in [-0.25, -0.2) is 0 Å². The Balaban J connectivity index is 2.49. The molecule has 0 saturated carbocycles. The Morgan fingerprint density at radius 3 is 2.53 bits per heavy atom. The molecule has 0 bridgehead atoms. The molecule has 1 heteroatoms. The summed E-state index contributed by atoms with van der Waals surface area (Å²) in [4.78, 5) is 0. The van der Waals surface area contributed by atoms with Gasteiger partial charge in [-0.05, 0) is 36.5 Å². The molecule has 0 aliphatic carbocycles. The topological polar surface area (TPSA) is 9.23 Å². The van der Waals surface area contributed by atoms with Gasteiger partial charge in [0.15, 0.2) is 0 Å². The molecule has 0 aromatic heterocycles. The van der Waals surface area contributed by atoms with E-state index in [0.717, 1.165) is 12.4 Å². The molecule has 1 aromatic rings. The van der Waals surface area contributed by atoms with Crippen LogP contribution in [0.1, 0.15) is 63.5 Å². The third-order valence-corrected chi connectivity index (χ3v) is 3.13. The van der Waals surface area contributed by atoms with Crippen LogP contribution >= 0.6 is 0 Å². The van der Waals surface area contributed by atoms with Gasteiger partial charge >= 0.3 is 0 Å². The molecule has 0 fully saturated rings. The van der Waals surface area contributed by atoms with Crippen LogP contribution < -0.4 is 4.74 Å². The first kappa shape index (κ1) is 14.1. The van der Waals surface area contributed by atoms with Crippen molar-refractivity contribution in [3.8, 4) is 5.75 Å². The second kappa shape index (κ2) is 7.37. The van der Waals surface area contributed by atoms with Crippen molar-refractivity contribution in [2.45, 2.75) is 59.3 Å². The molecule has 1 rings (SSSR count). The first-order valence-electron chi connectivity index (χ1n) is 6.88. The fourth-order valence-electron chi connectivity index (χ4n) is 1.84. The summed E-state index contributed by atoms with van der Waals surface area (Å²) in [5.74, 6) is 1.63. The van der Waals surface area contributed by atoms with E-state index in [4.69, 9.17) is 4.74 Å². The summed E-state index contributed by atoms with van der Waals surface area (Å²) < 4.78 is 5.87. The maximum absolute atomic E-state index is 5.87. The molecule has 96 valence electrons. The number of unbranched alkanes of at least 4 members (excludes halogenated alkanes) is 3. The number of hydrogen-bond acceptors (Lipinski definition) is 1. The van der Waals surface area contributed by atoms with Crippen molar-refractivity contribution in [2.75, 3.05) is 6.61 Å². The number of benzene rings is 1. The SMILES string of the molecule is CCCCCCOc1cc(C(C)C)ccc1C. The monoisotopic (exact) mass is 234 g/mol. The molecule has 0 radical (unpaired) electrons. The third-order valence-electron chi connectivity index (χ3n) is 3.13. The molecule has 1 nitrogen and oxygen atoms in total. The molecule has 0 aliphatic rings. The summed E-state index contributed by atoms with van der Waals surface area (Å²) in [6.45, 7) is 9.64. The van der Waals surface area contributed by atoms with Crippen LogP contribution in [0.15, 0.2) is 18.2 Å². The lowest BCUT2D eigenvalue weighted by Crippen LogP contribution is -2.00. The maximum atomic E-state index is 5.87. The summed E-state index contributed by atoms with van der Waals surface area (Å²) in [6.07, 6.45) is 5.04. The minimum Gasteiger partial charge on any atom is -0.493 e. The molecule has 0 amide bonds. The predicted octanol–water partition coefficient (Wildman–Crippen LogP) is 5.08. The molecule has 0 aliphatic heterocycles. The highest BCUT2D eigenvalue weighted by Gasteiger charge is 2.04. The minimum atomic E-state index is 0.568. The number of rotatable bonds is 7. The van der Waals surface area contributed by atoms with Gasteiger partial charge in [-0.15, -0.1) is 0 Å². The van der Waals surface area contributed by atoms with E-state index >= 15 is 0 Å². The molecule has 1 aromatic carbocycles. The van der Waals surface area contributed by atoms with Crippen molar-refractivity contribution in [3.63, 3.8) is 0 Å². The highest BCUT2D eigenvalue weighted by atomic mass is 16.5. The Morgan fingerprint density at radius 2 is 1.88 bits per heavy atom. The molecule has 0 saturated heterocycles. The predicted molar refractivity (Wildman–Crippen MR) is 74.9 cm³/mol. The maximum Gasteiger partial charge on any atom is 0.122 e. The van der Waals surface area contributed by atoms with Crippen LogP contribution in [-0.4, -0.2) is 6.61 Å². The second-order valence-corrected chi connectivity index (χ2v) is 5.09. The molecule has 17 heavy (non-hydrogen) atoms. The van der Waals surface area contributed by atoms with Crippen LogP contribution in [0.2, 0.25) is 0 Å². The second-order valence-electron chi connectivity index (χ2n) is 5.09. The fourth-order valence-corrected chi connectivity index (χ4v) is 1.84. The quantitative estimate of drug-likeness (QED) is 0.598. The zero-order valence-electron chi connectivity index (χ0n) is 11.8. The Bertz CT molecular complexity index is 328. The van der Waals surface area contributed by atoms with E-state index in [9.17, 15) is 0 Å². The molecule has 0 heterocycles. The molecular weight excluding hydrogens is 208 g/mol. The standard InChI is InChI=1S/C16H26O/c1-5-6-7-8-11-17-16-12-15(13(2)3)10-9-14(16)4/h9-10,12-13H,5-8,11H2,1-4H3. The van der Waals surface area contributed by atoms with Gasteiger partial charge in [0, 0.05) is 0 Å². The highest BCUT2D eigenvalue weighted by molar-refractivity contribution is 5.37. The van der Waals surface area contributed by atoms with Crippen molar-refractivity contribution in [1.82, 2.24) is 0 Å². The van der Waals surface area contributed by atoms with E-state index in [1.54, 1.807) is 0 Å². The van der Waals surface area contributed by atoms with Crippen LogP contribution in [0.4, 0.5) is 0 Å². The van der Waals surface area contributed by atoms with Gasteiger partial charge in [-0.2, -0.15) is 0 Å². The fraction of sp³-hybridized carbons (Fsp3) is 0.625. The summed E-state index contributed by atoms with van der Waals surface area (Å²) in [6, 6.07) is 6.56. The third kappa shape index (κ3) is 4.80. The van der Waals surface area contributed by atoms with Gasteiger partial charge in [0.25, 0.3) is 0 Å². The summed E-state index contributed by atoms with van der Waals surface area (Å²) in [5, 5.41) is 0. The molecule has 0 spiro atoms. The normalized spacial score (nSPS) is 10.9. The average Bonchev–Trinajstić information content (AvgIpc) is 2.30. The van der Waals surface area contributed by atoms with E-state index in [1.165, 1.54) is 36.8 Å². The molecule has 0 N–H and O–H groups in total. The van der Waals surface area contributed by atoms with Crippen molar-refractivity contribution >= 4 is 0 Å². The number of ether oxygens (including phenoxy) is 1. The van der Waals surface area contributed by atoms with Gasteiger partial charge in [-0.1, -0.05) is 52.2 Å². The number of hydrogen-bond donors (Lipinski definition) is 0. The smallest absolute Gasteiger partial charge is 0.122 e. The van der Waals surface area contributed by atoms with Gasteiger partial charge in [0.2, 0.25) is 0 Å². The van der Waals surface area contributed by atoms with E-state index in [0.29, 0.717) is 5.92 Å². The van der Waals surface area contributed by atoms with E-state index < -0.39 is 0 Å². The molecule has 0 atom stereocenters. The van der Waals surface area contributed by atoms with E-state index in [2.05, 4.69) is 45.9 Å². The van der Waals surface area contributed by atoms with Gasteiger partial charge in [0.1, 0.15) is 5.75 Å². The first-order chi connectivity index (χ1) is 8.15. The highest BCUT2D eigenvalue weighted by Crippen LogP contribution is 2.24. The lowest BCUT2D eigenvalue weighted by atomic mass is 10.0. The van der Waals surface area contributed by atoms with Gasteiger partial charge < -0.3 is 4.74 Å². The average molecular weight is 234 g/mol. The largest absolute Gasteiger partial charge is 0.493 e. The van der Waals surface area contributed by atoms with E-state index in [-0.39, 0.29) is 0 Å². The zero-order chi connectivity index (χ0) is 12.7. The number of aryl methyl sites for hydroxylation is 1. The van der Waals surface area contributed by atoms with Crippen molar-refractivity contribution < 1.29 is 4.74 Å². The Hall–Kier alpha value is -0.980. The van der Waals surface area contributed by atoms with Gasteiger partial charge in [0.05, 0.1) is 6.61 Å². The van der Waals surface area contributed by atoms with Crippen molar-refractivity contribution in [3.05, 3.63) is 29.3 Å². The summed E-state index contributed by atoms with van der Waals surface area (Å²) >= 11 is 0. The summed E-state index contributed by atoms with van der Waals surface area (Å²) in [5.41, 5.74) is 2.60. The van der Waals surface area contributed by atoms with Crippen molar-refractivity contribution in [1.29, 1.82) is 0 Å². The zero-order valence-corrected chi connectivity index (χ0v) is 11.8. The van der Waals surface area contributed by atoms with E-state index in [1.807, 2.05) is 0 Å². The lowest BCUT2D eigenvalue weighted by molar-refractivity contribution is 0.303. The molecule has 0 unspecified atom stereocenters. The Morgan fingerprint density at radius 1 is 1.12 bits per heavy atom. The Labute approximate surface area is 106 Å². The van der Waals surface area contributed by atoms with Crippen LogP contribution in [0.25, 0.3) is 0 Å². The minimum absolute atomic E-state index is 0.568. The Kier molecular flexibility index (Phi) is 6.10. The lowest BCUT2D eigenvalue weighted by Gasteiger charge is -2.12. The summed E-state index contributed by atoms with van der Waals surface area (Å²) in [7, 11) is 0. The first-order valence-corrected chi connectivity index (χ1v) is 6.88. The van der Waals surface area contributed by atoms with Gasteiger partial charge in [-0.3, -0.25) is 0 Å². The van der Waals surface area contributed by atoms with Crippen molar-refractivity contribution in [2.24, 2.45) is 0 Å². The van der Waals surface area contributed by atoms with Crippen LogP contribution in [0.3, 0.4) is 0 Å².